The molecule has 0 spiro atoms. The minimum Gasteiger partial charge on any atom is -0.481 e. The molecule has 2 aromatic rings. The first kappa shape index (κ1) is 18.5. The largest absolute Gasteiger partial charge is 0.481 e. The van der Waals surface area contributed by atoms with Gasteiger partial charge in [0.1, 0.15) is 0 Å². The third-order valence-electron chi connectivity index (χ3n) is 3.68. The minimum atomic E-state index is -1.03. The standard InChI is InChI=1S/C18H21N3O4/c1-12-14(10-19-16(20-12)13-7-5-4-6-8-13)17(24)21-18(2,11-25-3)9-15(22)23/h4-8,10H,9,11H2,1-3H3,(H,21,24)(H,22,23). The predicted molar refractivity (Wildman–Crippen MR) is 92.2 cm³/mol. The molecule has 0 aliphatic heterocycles. The van der Waals surface area contributed by atoms with Crippen molar-refractivity contribution >= 4 is 11.9 Å². The van der Waals surface area contributed by atoms with Gasteiger partial charge in [-0.1, -0.05) is 30.3 Å². The Labute approximate surface area is 146 Å². The van der Waals surface area contributed by atoms with Crippen molar-refractivity contribution in [2.24, 2.45) is 0 Å². The molecule has 0 aliphatic rings. The van der Waals surface area contributed by atoms with E-state index in [1.807, 2.05) is 30.3 Å². The fraction of sp³-hybridized carbons (Fsp3) is 0.333. The molecule has 1 atom stereocenters. The van der Waals surface area contributed by atoms with E-state index in [1.54, 1.807) is 13.8 Å². The second-order valence-corrected chi connectivity index (χ2v) is 6.08. The predicted octanol–water partition coefficient (Wildman–Crippen LogP) is 2.06. The smallest absolute Gasteiger partial charge is 0.305 e. The van der Waals surface area contributed by atoms with E-state index in [9.17, 15) is 9.59 Å². The Morgan fingerprint density at radius 1 is 1.28 bits per heavy atom. The molecule has 1 heterocycles. The maximum Gasteiger partial charge on any atom is 0.305 e. The molecule has 2 rings (SSSR count). The first-order valence-corrected chi connectivity index (χ1v) is 7.77. The molecule has 0 aliphatic carbocycles. The van der Waals surface area contributed by atoms with Gasteiger partial charge in [0.2, 0.25) is 0 Å². The lowest BCUT2D eigenvalue weighted by Gasteiger charge is -2.28. The first-order chi connectivity index (χ1) is 11.8. The number of nitrogens with one attached hydrogen (secondary N) is 1. The lowest BCUT2D eigenvalue weighted by molar-refractivity contribution is -0.139. The summed E-state index contributed by atoms with van der Waals surface area (Å²) >= 11 is 0. The summed E-state index contributed by atoms with van der Waals surface area (Å²) in [6.45, 7) is 3.41. The number of nitrogens with zero attached hydrogens (tertiary/aromatic N) is 2. The molecule has 1 aromatic heterocycles. The Hall–Kier alpha value is -2.80. The molecule has 2 N–H and O–H groups in total. The zero-order chi connectivity index (χ0) is 18.4. The Kier molecular flexibility index (Phi) is 5.82. The van der Waals surface area contributed by atoms with Crippen LogP contribution < -0.4 is 5.32 Å². The normalized spacial score (nSPS) is 13.1. The van der Waals surface area contributed by atoms with Crippen LogP contribution in [0.1, 0.15) is 29.4 Å². The molecule has 25 heavy (non-hydrogen) atoms. The van der Waals surface area contributed by atoms with Gasteiger partial charge >= 0.3 is 5.97 Å². The van der Waals surface area contributed by atoms with Gasteiger partial charge in [-0.05, 0) is 13.8 Å². The fourth-order valence-electron chi connectivity index (χ4n) is 2.54. The molecule has 1 unspecified atom stereocenters. The molecular weight excluding hydrogens is 322 g/mol. The second kappa shape index (κ2) is 7.85. The van der Waals surface area contributed by atoms with Crippen molar-refractivity contribution in [1.82, 2.24) is 15.3 Å². The summed E-state index contributed by atoms with van der Waals surface area (Å²) in [4.78, 5) is 32.2. The van der Waals surface area contributed by atoms with Crippen molar-refractivity contribution in [3.8, 4) is 11.4 Å². The third kappa shape index (κ3) is 4.84. The third-order valence-corrected chi connectivity index (χ3v) is 3.68. The van der Waals surface area contributed by atoms with Gasteiger partial charge in [-0.3, -0.25) is 9.59 Å². The summed E-state index contributed by atoms with van der Waals surface area (Å²) < 4.78 is 5.04. The van der Waals surface area contributed by atoms with Crippen LogP contribution in [0.3, 0.4) is 0 Å². The van der Waals surface area contributed by atoms with Crippen molar-refractivity contribution in [2.75, 3.05) is 13.7 Å². The molecule has 0 fully saturated rings. The van der Waals surface area contributed by atoms with E-state index < -0.39 is 17.4 Å². The Morgan fingerprint density at radius 2 is 1.96 bits per heavy atom. The minimum absolute atomic E-state index is 0.0764. The molecule has 0 saturated heterocycles. The van der Waals surface area contributed by atoms with Crippen LogP contribution in [0.25, 0.3) is 11.4 Å². The Bertz CT molecular complexity index is 764. The van der Waals surface area contributed by atoms with Crippen molar-refractivity contribution in [2.45, 2.75) is 25.8 Å². The maximum atomic E-state index is 12.5. The molecule has 7 heteroatoms. The molecule has 0 radical (unpaired) electrons. The number of carboxylic acid groups (broad SMARTS) is 1. The summed E-state index contributed by atoms with van der Waals surface area (Å²) in [6, 6.07) is 9.44. The van der Waals surface area contributed by atoms with Gasteiger partial charge in [0, 0.05) is 18.9 Å². The van der Waals surface area contributed by atoms with Gasteiger partial charge in [0.05, 0.1) is 29.8 Å². The lowest BCUT2D eigenvalue weighted by atomic mass is 9.98. The number of hydrogen-bond acceptors (Lipinski definition) is 5. The Morgan fingerprint density at radius 3 is 2.52 bits per heavy atom. The summed E-state index contributed by atoms with van der Waals surface area (Å²) in [6.07, 6.45) is 1.20. The van der Waals surface area contributed by atoms with E-state index in [0.717, 1.165) is 5.56 Å². The van der Waals surface area contributed by atoms with Gasteiger partial charge in [-0.15, -0.1) is 0 Å². The highest BCUT2D eigenvalue weighted by Crippen LogP contribution is 2.17. The van der Waals surface area contributed by atoms with Crippen LogP contribution in [-0.4, -0.2) is 46.2 Å². The first-order valence-electron chi connectivity index (χ1n) is 7.77. The van der Waals surface area contributed by atoms with Crippen molar-refractivity contribution in [1.29, 1.82) is 0 Å². The van der Waals surface area contributed by atoms with E-state index in [0.29, 0.717) is 17.1 Å². The van der Waals surface area contributed by atoms with Crippen molar-refractivity contribution in [3.05, 3.63) is 47.8 Å². The number of carbonyl (C=O) groups excluding carboxylic acids is 1. The maximum absolute atomic E-state index is 12.5. The monoisotopic (exact) mass is 343 g/mol. The number of carboxylic acids is 1. The van der Waals surface area contributed by atoms with Crippen molar-refractivity contribution < 1.29 is 19.4 Å². The van der Waals surface area contributed by atoms with Gasteiger partial charge in [-0.2, -0.15) is 0 Å². The summed E-state index contributed by atoms with van der Waals surface area (Å²) in [5, 5.41) is 11.8. The van der Waals surface area contributed by atoms with Gasteiger partial charge in [0.15, 0.2) is 5.82 Å². The Balaban J connectivity index is 2.23. The quantitative estimate of drug-likeness (QED) is 0.798. The van der Waals surface area contributed by atoms with E-state index in [2.05, 4.69) is 15.3 Å². The van der Waals surface area contributed by atoms with Crippen LogP contribution in [0.15, 0.2) is 36.5 Å². The van der Waals surface area contributed by atoms with E-state index >= 15 is 0 Å². The number of carbonyl (C=O) groups is 2. The number of aryl methyl sites for hydroxylation is 1. The highest BCUT2D eigenvalue weighted by Gasteiger charge is 2.30. The number of ether oxygens (including phenoxy) is 1. The van der Waals surface area contributed by atoms with Crippen LogP contribution in [0.4, 0.5) is 0 Å². The number of amides is 1. The number of methoxy groups -OCH3 is 1. The molecular formula is C18H21N3O4. The number of aromatic nitrogens is 2. The lowest BCUT2D eigenvalue weighted by Crippen LogP contribution is -2.51. The fourth-order valence-corrected chi connectivity index (χ4v) is 2.54. The molecule has 0 bridgehead atoms. The van der Waals surface area contributed by atoms with E-state index in [-0.39, 0.29) is 13.0 Å². The van der Waals surface area contributed by atoms with Gasteiger partial charge < -0.3 is 15.2 Å². The van der Waals surface area contributed by atoms with Gasteiger partial charge in [-0.25, -0.2) is 9.97 Å². The number of rotatable bonds is 7. The zero-order valence-electron chi connectivity index (χ0n) is 14.4. The number of benzene rings is 1. The number of hydrogen-bond donors (Lipinski definition) is 2. The van der Waals surface area contributed by atoms with Crippen LogP contribution >= 0.6 is 0 Å². The zero-order valence-corrected chi connectivity index (χ0v) is 14.4. The van der Waals surface area contributed by atoms with Crippen LogP contribution in [-0.2, 0) is 9.53 Å². The molecule has 0 saturated carbocycles. The summed E-state index contributed by atoms with van der Waals surface area (Å²) in [5.41, 5.74) is 0.642. The SMILES string of the molecule is COCC(C)(CC(=O)O)NC(=O)c1cnc(-c2ccccc2)nc1C. The van der Waals surface area contributed by atoms with Gasteiger partial charge in [0.25, 0.3) is 5.91 Å². The molecule has 132 valence electrons. The van der Waals surface area contributed by atoms with E-state index in [1.165, 1.54) is 13.3 Å². The summed E-state index contributed by atoms with van der Waals surface area (Å²) in [7, 11) is 1.45. The second-order valence-electron chi connectivity index (χ2n) is 6.08. The highest BCUT2D eigenvalue weighted by atomic mass is 16.5. The highest BCUT2D eigenvalue weighted by molar-refractivity contribution is 5.95. The average Bonchev–Trinajstić information content (AvgIpc) is 2.54. The molecule has 1 amide bonds. The molecule has 7 nitrogen and oxygen atoms in total. The van der Waals surface area contributed by atoms with Crippen LogP contribution in [0.2, 0.25) is 0 Å². The van der Waals surface area contributed by atoms with E-state index in [4.69, 9.17) is 9.84 Å². The van der Waals surface area contributed by atoms with Crippen LogP contribution in [0.5, 0.6) is 0 Å². The number of aliphatic carboxylic acids is 1. The molecule has 1 aromatic carbocycles. The van der Waals surface area contributed by atoms with Crippen molar-refractivity contribution in [3.63, 3.8) is 0 Å². The average molecular weight is 343 g/mol. The summed E-state index contributed by atoms with van der Waals surface area (Å²) in [5.74, 6) is -0.926. The van der Waals surface area contributed by atoms with Crippen LogP contribution in [0, 0.1) is 6.92 Å². The topological polar surface area (TPSA) is 101 Å².